The van der Waals surface area contributed by atoms with Crippen LogP contribution in [0, 0.1) is 18.8 Å². The molecule has 2 heterocycles. The summed E-state index contributed by atoms with van der Waals surface area (Å²) in [5, 5.41) is 0. The first-order valence-corrected chi connectivity index (χ1v) is 16.8. The highest BCUT2D eigenvalue weighted by Gasteiger charge is 2.31. The van der Waals surface area contributed by atoms with Crippen LogP contribution in [-0.2, 0) is 30.2 Å². The molecule has 0 spiro atoms. The van der Waals surface area contributed by atoms with E-state index in [1.54, 1.807) is 16.7 Å². The zero-order chi connectivity index (χ0) is 35.0. The number of likely N-dealkylation sites (tertiary alicyclic amines) is 2. The molecule has 9 heteroatoms. The molecule has 0 unspecified atom stereocenters. The molecular weight excluding hydrogens is 596 g/mol. The van der Waals surface area contributed by atoms with E-state index in [0.29, 0.717) is 52.0 Å². The van der Waals surface area contributed by atoms with E-state index in [9.17, 15) is 19.2 Å². The molecule has 47 heavy (non-hydrogen) atoms. The monoisotopic (exact) mass is 652 g/mol. The lowest BCUT2D eigenvalue weighted by molar-refractivity contribution is -0.149. The number of carbonyl (C=O) groups excluding carboxylic acids is 4. The van der Waals surface area contributed by atoms with E-state index in [1.807, 2.05) is 90.1 Å². The Bertz CT molecular complexity index is 1240. The van der Waals surface area contributed by atoms with Crippen molar-refractivity contribution in [2.24, 2.45) is 11.8 Å². The Morgan fingerprint density at radius 2 is 1.06 bits per heavy atom. The normalized spacial score (nSPS) is 15.7. The number of nitrogens with zero attached hydrogens (tertiary/aromatic N) is 2. The van der Waals surface area contributed by atoms with Crippen LogP contribution in [0.5, 0.6) is 0 Å². The fourth-order valence-corrected chi connectivity index (χ4v) is 5.07. The van der Waals surface area contributed by atoms with Crippen LogP contribution in [-0.4, -0.2) is 77.7 Å². The van der Waals surface area contributed by atoms with Gasteiger partial charge in [0.1, 0.15) is 17.0 Å². The standard InChI is InChI=1S/C18H25NO3.C13H23NO4.C7H8/c1-18(2,3)22-17(21)19-11-9-15(10-12-19)16(20)13-14-7-5-4-6-8-14;1-5-17-11(15)10-6-8-14(9-7-10)12(16)18-13(2,3)4;1-7-5-3-2-4-6-7/h4-8,15H,9-13H2,1-3H3;10H,5-9H2,1-4H3;2-6H,1H3. The topological polar surface area (TPSA) is 102 Å². The van der Waals surface area contributed by atoms with Gasteiger partial charge in [0.15, 0.2) is 0 Å². The van der Waals surface area contributed by atoms with Crippen molar-refractivity contribution in [1.82, 2.24) is 9.80 Å². The van der Waals surface area contributed by atoms with Gasteiger partial charge in [-0.3, -0.25) is 9.59 Å². The van der Waals surface area contributed by atoms with Crippen LogP contribution in [0.4, 0.5) is 9.59 Å². The van der Waals surface area contributed by atoms with Crippen LogP contribution >= 0.6 is 0 Å². The maximum Gasteiger partial charge on any atom is 0.410 e. The number of Topliss-reactive ketones (excluding diaryl/α,β-unsaturated/α-hetero) is 1. The smallest absolute Gasteiger partial charge is 0.410 e. The number of carbonyl (C=O) groups is 4. The Morgan fingerprint density at radius 3 is 1.43 bits per heavy atom. The summed E-state index contributed by atoms with van der Waals surface area (Å²) in [6.45, 7) is 17.7. The number of amides is 2. The Morgan fingerprint density at radius 1 is 0.660 bits per heavy atom. The first kappa shape index (κ1) is 39.3. The molecule has 2 amide bonds. The lowest BCUT2D eigenvalue weighted by Gasteiger charge is -2.33. The third kappa shape index (κ3) is 16.0. The maximum atomic E-state index is 12.3. The van der Waals surface area contributed by atoms with E-state index in [-0.39, 0.29) is 35.8 Å². The van der Waals surface area contributed by atoms with Gasteiger partial charge < -0.3 is 24.0 Å². The summed E-state index contributed by atoms with van der Waals surface area (Å²) in [4.78, 5) is 51.0. The molecule has 260 valence electrons. The fraction of sp³-hybridized carbons (Fsp3) is 0.579. The minimum Gasteiger partial charge on any atom is -0.466 e. The van der Waals surface area contributed by atoms with Crippen LogP contribution in [0.2, 0.25) is 0 Å². The molecule has 0 atom stereocenters. The van der Waals surface area contributed by atoms with Crippen molar-refractivity contribution in [3.63, 3.8) is 0 Å². The van der Waals surface area contributed by atoms with E-state index in [1.165, 1.54) is 5.56 Å². The van der Waals surface area contributed by atoms with Crippen LogP contribution in [0.15, 0.2) is 60.7 Å². The predicted molar refractivity (Wildman–Crippen MR) is 184 cm³/mol. The number of rotatable bonds is 5. The second-order valence-corrected chi connectivity index (χ2v) is 14.0. The highest BCUT2D eigenvalue weighted by atomic mass is 16.6. The summed E-state index contributed by atoms with van der Waals surface area (Å²) in [5.74, 6) is 0.0962. The van der Waals surface area contributed by atoms with Gasteiger partial charge in [0.2, 0.25) is 0 Å². The lowest BCUT2D eigenvalue weighted by atomic mass is 9.89. The number of ether oxygens (including phenoxy) is 3. The number of piperidine rings is 2. The third-order valence-corrected chi connectivity index (χ3v) is 7.53. The molecule has 4 rings (SSSR count). The minimum atomic E-state index is -0.477. The quantitative estimate of drug-likeness (QED) is 0.242. The van der Waals surface area contributed by atoms with E-state index < -0.39 is 11.2 Å². The van der Waals surface area contributed by atoms with Crippen LogP contribution in [0.1, 0.15) is 85.3 Å². The van der Waals surface area contributed by atoms with Crippen LogP contribution < -0.4 is 0 Å². The highest BCUT2D eigenvalue weighted by molar-refractivity contribution is 5.83. The zero-order valence-corrected chi connectivity index (χ0v) is 29.8. The van der Waals surface area contributed by atoms with Crippen molar-refractivity contribution in [1.29, 1.82) is 0 Å². The maximum absolute atomic E-state index is 12.3. The van der Waals surface area contributed by atoms with Gasteiger partial charge in [-0.05, 0) is 86.6 Å². The van der Waals surface area contributed by atoms with Gasteiger partial charge in [0.05, 0.1) is 12.5 Å². The Hall–Kier alpha value is -3.88. The Kier molecular flexibility index (Phi) is 15.9. The summed E-state index contributed by atoms with van der Waals surface area (Å²) in [5.41, 5.74) is 1.43. The molecule has 2 fully saturated rings. The molecule has 9 nitrogen and oxygen atoms in total. The molecule has 0 N–H and O–H groups in total. The summed E-state index contributed by atoms with van der Waals surface area (Å²) in [7, 11) is 0. The van der Waals surface area contributed by atoms with Crippen molar-refractivity contribution in [2.75, 3.05) is 32.8 Å². The number of ketones is 1. The molecule has 0 aliphatic carbocycles. The minimum absolute atomic E-state index is 0.0545. The van der Waals surface area contributed by atoms with Gasteiger partial charge in [-0.15, -0.1) is 0 Å². The fourth-order valence-electron chi connectivity index (χ4n) is 5.07. The van der Waals surface area contributed by atoms with Crippen LogP contribution in [0.25, 0.3) is 0 Å². The molecule has 2 aliphatic rings. The average Bonchev–Trinajstić information content (AvgIpc) is 3.01. The van der Waals surface area contributed by atoms with Gasteiger partial charge >= 0.3 is 18.2 Å². The second kappa shape index (κ2) is 19.1. The molecular formula is C38H56N2O7. The Labute approximate surface area is 281 Å². The van der Waals surface area contributed by atoms with E-state index in [4.69, 9.17) is 14.2 Å². The number of aryl methyl sites for hydroxylation is 1. The third-order valence-electron chi connectivity index (χ3n) is 7.53. The molecule has 2 saturated heterocycles. The molecule has 0 bridgehead atoms. The number of benzene rings is 2. The van der Waals surface area contributed by atoms with Gasteiger partial charge in [-0.2, -0.15) is 0 Å². The second-order valence-electron chi connectivity index (χ2n) is 14.0. The summed E-state index contributed by atoms with van der Waals surface area (Å²) in [6, 6.07) is 20.1. The molecule has 0 radical (unpaired) electrons. The average molecular weight is 653 g/mol. The highest BCUT2D eigenvalue weighted by Crippen LogP contribution is 2.23. The van der Waals surface area contributed by atoms with Gasteiger partial charge in [-0.25, -0.2) is 9.59 Å². The summed E-state index contributed by atoms with van der Waals surface area (Å²) >= 11 is 0. The van der Waals surface area contributed by atoms with Crippen molar-refractivity contribution in [2.45, 2.75) is 98.7 Å². The van der Waals surface area contributed by atoms with Crippen molar-refractivity contribution in [3.8, 4) is 0 Å². The molecule has 0 saturated carbocycles. The van der Waals surface area contributed by atoms with E-state index in [2.05, 4.69) is 19.1 Å². The summed E-state index contributed by atoms with van der Waals surface area (Å²) in [6.07, 6.45) is 2.66. The number of hydrogen-bond donors (Lipinski definition) is 0. The molecule has 2 aliphatic heterocycles. The van der Waals surface area contributed by atoms with E-state index in [0.717, 1.165) is 18.4 Å². The molecule has 2 aromatic rings. The summed E-state index contributed by atoms with van der Waals surface area (Å²) < 4.78 is 15.6. The van der Waals surface area contributed by atoms with Gasteiger partial charge in [0, 0.05) is 38.5 Å². The molecule has 2 aromatic carbocycles. The largest absolute Gasteiger partial charge is 0.466 e. The van der Waals surface area contributed by atoms with Gasteiger partial charge in [0.25, 0.3) is 0 Å². The van der Waals surface area contributed by atoms with Crippen molar-refractivity contribution in [3.05, 3.63) is 71.8 Å². The number of hydrogen-bond acceptors (Lipinski definition) is 7. The Balaban J connectivity index is 0.000000275. The first-order chi connectivity index (χ1) is 22.1. The van der Waals surface area contributed by atoms with Crippen molar-refractivity contribution < 1.29 is 33.4 Å². The van der Waals surface area contributed by atoms with Crippen LogP contribution in [0.3, 0.4) is 0 Å². The predicted octanol–water partition coefficient (Wildman–Crippen LogP) is 7.64. The number of esters is 1. The van der Waals surface area contributed by atoms with Gasteiger partial charge in [-0.1, -0.05) is 66.2 Å². The van der Waals surface area contributed by atoms with E-state index >= 15 is 0 Å². The first-order valence-electron chi connectivity index (χ1n) is 16.8. The SMILES string of the molecule is CC(C)(C)OC(=O)N1CCC(C(=O)Cc2ccccc2)CC1.CCOC(=O)C1CCN(C(=O)OC(C)(C)C)CC1.Cc1ccccc1. The molecule has 0 aromatic heterocycles. The lowest BCUT2D eigenvalue weighted by Crippen LogP contribution is -2.43. The zero-order valence-electron chi connectivity index (χ0n) is 29.8. The van der Waals surface area contributed by atoms with Crippen molar-refractivity contribution >= 4 is 23.9 Å².